The van der Waals surface area contributed by atoms with Crippen molar-refractivity contribution in [3.05, 3.63) is 67.6 Å². The highest BCUT2D eigenvalue weighted by molar-refractivity contribution is 6.42. The van der Waals surface area contributed by atoms with Crippen molar-refractivity contribution in [2.24, 2.45) is 0 Å². The van der Waals surface area contributed by atoms with Gasteiger partial charge in [0.15, 0.2) is 0 Å². The molecule has 0 aromatic heterocycles. The number of halogens is 4. The molecular formula is C19H20Cl4N2. The summed E-state index contributed by atoms with van der Waals surface area (Å²) >= 11 is 24.8. The van der Waals surface area contributed by atoms with Gasteiger partial charge in [-0.3, -0.25) is 9.80 Å². The van der Waals surface area contributed by atoms with Gasteiger partial charge in [-0.2, -0.15) is 0 Å². The summed E-state index contributed by atoms with van der Waals surface area (Å²) < 4.78 is 0. The maximum absolute atomic E-state index is 6.29. The fourth-order valence-corrected chi connectivity index (χ4v) is 4.19. The lowest BCUT2D eigenvalue weighted by Crippen LogP contribution is -2.26. The highest BCUT2D eigenvalue weighted by Gasteiger charge is 2.40. The molecule has 0 amide bonds. The highest BCUT2D eigenvalue weighted by atomic mass is 35.5. The van der Waals surface area contributed by atoms with Crippen LogP contribution in [0.15, 0.2) is 36.4 Å². The lowest BCUT2D eigenvalue weighted by Gasteiger charge is -2.29. The average Bonchev–Trinajstić information content (AvgIpc) is 2.98. The SMILES string of the molecule is CCN1CN(CC)C(c2ccc(Cl)c(Cl)c2)C1c1ccc(Cl)c(Cl)c1. The Morgan fingerprint density at radius 1 is 0.720 bits per heavy atom. The molecule has 25 heavy (non-hydrogen) atoms. The summed E-state index contributed by atoms with van der Waals surface area (Å²) in [6, 6.07) is 12.2. The van der Waals surface area contributed by atoms with E-state index in [0.717, 1.165) is 30.9 Å². The molecule has 3 rings (SSSR count). The van der Waals surface area contributed by atoms with Crippen molar-refractivity contribution >= 4 is 46.4 Å². The van der Waals surface area contributed by atoms with E-state index >= 15 is 0 Å². The molecular weight excluding hydrogens is 398 g/mol. The fourth-order valence-electron chi connectivity index (χ4n) is 3.58. The molecule has 0 aliphatic carbocycles. The van der Waals surface area contributed by atoms with Crippen LogP contribution in [0.1, 0.15) is 37.1 Å². The monoisotopic (exact) mass is 416 g/mol. The Labute approximate surface area is 169 Å². The smallest absolute Gasteiger partial charge is 0.0595 e. The molecule has 0 spiro atoms. The van der Waals surface area contributed by atoms with Crippen molar-refractivity contribution in [2.75, 3.05) is 19.8 Å². The van der Waals surface area contributed by atoms with Crippen LogP contribution in [-0.4, -0.2) is 29.6 Å². The molecule has 0 radical (unpaired) electrons. The van der Waals surface area contributed by atoms with Crippen molar-refractivity contribution in [2.45, 2.75) is 25.9 Å². The Balaban J connectivity index is 2.09. The quantitative estimate of drug-likeness (QED) is 0.546. The second-order valence-electron chi connectivity index (χ2n) is 6.19. The van der Waals surface area contributed by atoms with Crippen LogP contribution >= 0.6 is 46.4 Å². The Hall–Kier alpha value is -0.480. The molecule has 1 aliphatic heterocycles. The Morgan fingerprint density at radius 3 is 1.44 bits per heavy atom. The molecule has 1 heterocycles. The second-order valence-corrected chi connectivity index (χ2v) is 7.82. The summed E-state index contributed by atoms with van der Waals surface area (Å²) in [5, 5.41) is 2.31. The van der Waals surface area contributed by atoms with Crippen LogP contribution in [0, 0.1) is 0 Å². The van der Waals surface area contributed by atoms with Gasteiger partial charge in [-0.15, -0.1) is 0 Å². The molecule has 2 nitrogen and oxygen atoms in total. The van der Waals surface area contributed by atoms with Crippen LogP contribution in [0.25, 0.3) is 0 Å². The van der Waals surface area contributed by atoms with Gasteiger partial charge in [0, 0.05) is 0 Å². The normalized spacial score (nSPS) is 21.8. The zero-order chi connectivity index (χ0) is 18.1. The van der Waals surface area contributed by atoms with Crippen molar-refractivity contribution in [3.8, 4) is 0 Å². The van der Waals surface area contributed by atoms with Gasteiger partial charge in [0.1, 0.15) is 0 Å². The third-order valence-corrected chi connectivity index (χ3v) is 6.31. The van der Waals surface area contributed by atoms with Crippen LogP contribution in [0.4, 0.5) is 0 Å². The highest BCUT2D eigenvalue weighted by Crippen LogP contribution is 2.45. The van der Waals surface area contributed by atoms with Gasteiger partial charge < -0.3 is 0 Å². The van der Waals surface area contributed by atoms with Crippen LogP contribution in [0.2, 0.25) is 20.1 Å². The van der Waals surface area contributed by atoms with E-state index in [4.69, 9.17) is 46.4 Å². The van der Waals surface area contributed by atoms with E-state index in [0.29, 0.717) is 20.1 Å². The van der Waals surface area contributed by atoms with Gasteiger partial charge in [-0.25, -0.2) is 0 Å². The number of nitrogens with zero attached hydrogens (tertiary/aromatic N) is 2. The van der Waals surface area contributed by atoms with Gasteiger partial charge in [-0.1, -0.05) is 72.4 Å². The number of hydrogen-bond acceptors (Lipinski definition) is 2. The van der Waals surface area contributed by atoms with Gasteiger partial charge in [0.2, 0.25) is 0 Å². The number of rotatable bonds is 4. The first kappa shape index (κ1) is 19.3. The topological polar surface area (TPSA) is 6.48 Å². The summed E-state index contributed by atoms with van der Waals surface area (Å²) in [6.45, 7) is 7.13. The standard InChI is InChI=1S/C19H20Cl4N2/c1-3-24-11-25(4-2)19(13-6-8-15(21)17(23)10-13)18(24)12-5-7-14(20)16(22)9-12/h5-10,18-19H,3-4,11H2,1-2H3. The van der Waals surface area contributed by atoms with Gasteiger partial charge >= 0.3 is 0 Å². The predicted octanol–water partition coefficient (Wildman–Crippen LogP) is 6.70. The lowest BCUT2D eigenvalue weighted by molar-refractivity contribution is 0.232. The van der Waals surface area contributed by atoms with Gasteiger partial charge in [0.25, 0.3) is 0 Å². The Kier molecular flexibility index (Phi) is 6.20. The molecule has 1 aliphatic rings. The third kappa shape index (κ3) is 3.80. The Morgan fingerprint density at radius 2 is 1.12 bits per heavy atom. The van der Waals surface area contributed by atoms with Crippen molar-refractivity contribution < 1.29 is 0 Å². The maximum Gasteiger partial charge on any atom is 0.0595 e. The third-order valence-electron chi connectivity index (χ3n) is 4.83. The van der Waals surface area contributed by atoms with E-state index in [1.54, 1.807) is 0 Å². The van der Waals surface area contributed by atoms with E-state index in [9.17, 15) is 0 Å². The first-order valence-corrected chi connectivity index (χ1v) is 9.85. The minimum Gasteiger partial charge on any atom is -0.282 e. The molecule has 2 atom stereocenters. The van der Waals surface area contributed by atoms with E-state index in [-0.39, 0.29) is 12.1 Å². The van der Waals surface area contributed by atoms with Crippen LogP contribution in [0.3, 0.4) is 0 Å². The van der Waals surface area contributed by atoms with Crippen molar-refractivity contribution in [1.82, 2.24) is 9.80 Å². The molecule has 0 bridgehead atoms. The molecule has 2 aromatic rings. The summed E-state index contributed by atoms with van der Waals surface area (Å²) in [6.07, 6.45) is 0. The van der Waals surface area contributed by atoms with E-state index in [1.807, 2.05) is 24.3 Å². The zero-order valence-electron chi connectivity index (χ0n) is 14.1. The minimum absolute atomic E-state index is 0.178. The molecule has 1 saturated heterocycles. The molecule has 0 N–H and O–H groups in total. The molecule has 1 fully saturated rings. The molecule has 2 unspecified atom stereocenters. The van der Waals surface area contributed by atoms with Gasteiger partial charge in [-0.05, 0) is 48.5 Å². The molecule has 0 saturated carbocycles. The first-order valence-electron chi connectivity index (χ1n) is 8.34. The van der Waals surface area contributed by atoms with Crippen LogP contribution < -0.4 is 0 Å². The molecule has 134 valence electrons. The molecule has 2 aromatic carbocycles. The first-order chi connectivity index (χ1) is 12.0. The molecule has 6 heteroatoms. The Bertz CT molecular complexity index is 702. The average molecular weight is 418 g/mol. The fraction of sp³-hybridized carbons (Fsp3) is 0.368. The predicted molar refractivity (Wildman–Crippen MR) is 108 cm³/mol. The summed E-state index contributed by atoms with van der Waals surface area (Å²) in [5.41, 5.74) is 2.31. The number of benzene rings is 2. The van der Waals surface area contributed by atoms with E-state index < -0.39 is 0 Å². The maximum atomic E-state index is 6.29. The second kappa shape index (κ2) is 8.04. The summed E-state index contributed by atoms with van der Waals surface area (Å²) in [4.78, 5) is 4.88. The van der Waals surface area contributed by atoms with E-state index in [2.05, 4.69) is 35.8 Å². The van der Waals surface area contributed by atoms with E-state index in [1.165, 1.54) is 0 Å². The largest absolute Gasteiger partial charge is 0.282 e. The van der Waals surface area contributed by atoms with Crippen molar-refractivity contribution in [1.29, 1.82) is 0 Å². The summed E-state index contributed by atoms with van der Waals surface area (Å²) in [7, 11) is 0. The lowest BCUT2D eigenvalue weighted by atomic mass is 9.93. The summed E-state index contributed by atoms with van der Waals surface area (Å²) in [5.74, 6) is 0. The zero-order valence-corrected chi connectivity index (χ0v) is 17.2. The number of hydrogen-bond donors (Lipinski definition) is 0. The van der Waals surface area contributed by atoms with Crippen LogP contribution in [-0.2, 0) is 0 Å². The van der Waals surface area contributed by atoms with Crippen LogP contribution in [0.5, 0.6) is 0 Å². The number of likely N-dealkylation sites (N-methyl/N-ethyl adjacent to an activating group) is 2. The van der Waals surface area contributed by atoms with Gasteiger partial charge in [0.05, 0.1) is 38.8 Å². The van der Waals surface area contributed by atoms with Crippen molar-refractivity contribution in [3.63, 3.8) is 0 Å². The minimum atomic E-state index is 0.178.